The zero-order valence-electron chi connectivity index (χ0n) is 15.6. The Balaban J connectivity index is 1.30. The van der Waals surface area contributed by atoms with E-state index in [0.29, 0.717) is 25.4 Å². The Morgan fingerprint density at radius 1 is 0.821 bits per heavy atom. The van der Waals surface area contributed by atoms with Crippen LogP contribution in [0.4, 0.5) is 5.82 Å². The summed E-state index contributed by atoms with van der Waals surface area (Å²) in [6, 6.07) is 23.1. The van der Waals surface area contributed by atoms with Crippen molar-refractivity contribution in [1.29, 1.82) is 0 Å². The molecule has 0 spiro atoms. The van der Waals surface area contributed by atoms with E-state index in [9.17, 15) is 4.79 Å². The maximum Gasteiger partial charge on any atom is 0.238 e. The molecule has 0 radical (unpaired) electrons. The smallest absolute Gasteiger partial charge is 0.238 e. The lowest BCUT2D eigenvalue weighted by molar-refractivity contribution is -0.130. The average Bonchev–Trinajstić information content (AvgIpc) is 2.76. The van der Waals surface area contributed by atoms with Gasteiger partial charge in [-0.15, -0.1) is 10.2 Å². The van der Waals surface area contributed by atoms with Crippen LogP contribution in [0.5, 0.6) is 11.6 Å². The molecule has 0 aliphatic carbocycles. The standard InChI is InChI=1S/C22H22N4O2/c27-22(17-18-7-3-1-4-8-18)26-15-13-25(14-16-26)20-11-12-21(24-23-20)28-19-9-5-2-6-10-19/h1-12H,13-17H2. The zero-order chi connectivity index (χ0) is 19.2. The monoisotopic (exact) mass is 374 g/mol. The minimum atomic E-state index is 0.170. The molecule has 1 aromatic heterocycles. The predicted octanol–water partition coefficient (Wildman–Crippen LogP) is 3.16. The molecule has 1 saturated heterocycles. The molecule has 0 atom stereocenters. The summed E-state index contributed by atoms with van der Waals surface area (Å²) in [5.41, 5.74) is 1.05. The highest BCUT2D eigenvalue weighted by Crippen LogP contribution is 2.20. The van der Waals surface area contributed by atoms with Crippen LogP contribution in [0, 0.1) is 0 Å². The number of amides is 1. The first kappa shape index (κ1) is 18.0. The van der Waals surface area contributed by atoms with Crippen molar-refractivity contribution in [1.82, 2.24) is 15.1 Å². The second-order valence-electron chi connectivity index (χ2n) is 6.68. The number of piperazine rings is 1. The Bertz CT molecular complexity index is 893. The molecule has 1 fully saturated rings. The summed E-state index contributed by atoms with van der Waals surface area (Å²) in [5, 5.41) is 8.45. The van der Waals surface area contributed by atoms with Gasteiger partial charge in [0.15, 0.2) is 5.82 Å². The van der Waals surface area contributed by atoms with Crippen molar-refractivity contribution in [2.24, 2.45) is 0 Å². The third-order valence-corrected chi connectivity index (χ3v) is 4.75. The number of rotatable bonds is 5. The molecule has 1 aliphatic rings. The molecule has 1 aliphatic heterocycles. The number of anilines is 1. The van der Waals surface area contributed by atoms with Gasteiger partial charge in [-0.05, 0) is 23.8 Å². The van der Waals surface area contributed by atoms with Crippen LogP contribution in [0.2, 0.25) is 0 Å². The Labute approximate surface area is 164 Å². The molecule has 1 amide bonds. The van der Waals surface area contributed by atoms with E-state index in [-0.39, 0.29) is 5.91 Å². The van der Waals surface area contributed by atoms with Crippen LogP contribution in [-0.4, -0.2) is 47.2 Å². The average molecular weight is 374 g/mol. The van der Waals surface area contributed by atoms with Crippen molar-refractivity contribution in [3.05, 3.63) is 78.4 Å². The maximum absolute atomic E-state index is 12.5. The third kappa shape index (κ3) is 4.46. The van der Waals surface area contributed by atoms with E-state index in [1.165, 1.54) is 0 Å². The normalized spacial score (nSPS) is 14.0. The fourth-order valence-electron chi connectivity index (χ4n) is 3.21. The summed E-state index contributed by atoms with van der Waals surface area (Å²) < 4.78 is 5.68. The number of nitrogens with zero attached hydrogens (tertiary/aromatic N) is 4. The number of carbonyl (C=O) groups excluding carboxylic acids is 1. The van der Waals surface area contributed by atoms with Crippen LogP contribution >= 0.6 is 0 Å². The van der Waals surface area contributed by atoms with Crippen LogP contribution in [0.15, 0.2) is 72.8 Å². The Morgan fingerprint density at radius 2 is 1.50 bits per heavy atom. The van der Waals surface area contributed by atoms with Gasteiger partial charge in [-0.25, -0.2) is 0 Å². The summed E-state index contributed by atoms with van der Waals surface area (Å²) in [7, 11) is 0. The summed E-state index contributed by atoms with van der Waals surface area (Å²) in [5.74, 6) is 2.17. The molecule has 2 heterocycles. The van der Waals surface area contributed by atoms with Gasteiger partial charge in [0.05, 0.1) is 6.42 Å². The molecule has 3 aromatic rings. The molecule has 6 nitrogen and oxygen atoms in total. The summed E-state index contributed by atoms with van der Waals surface area (Å²) in [6.45, 7) is 2.87. The van der Waals surface area contributed by atoms with Gasteiger partial charge in [-0.2, -0.15) is 0 Å². The lowest BCUT2D eigenvalue weighted by atomic mass is 10.1. The van der Waals surface area contributed by atoms with Crippen LogP contribution in [0.25, 0.3) is 0 Å². The lowest BCUT2D eigenvalue weighted by Gasteiger charge is -2.35. The number of ether oxygens (including phenoxy) is 1. The van der Waals surface area contributed by atoms with Gasteiger partial charge in [0.25, 0.3) is 0 Å². The fraction of sp³-hybridized carbons (Fsp3) is 0.227. The number of hydrogen-bond acceptors (Lipinski definition) is 5. The lowest BCUT2D eigenvalue weighted by Crippen LogP contribution is -2.49. The van der Waals surface area contributed by atoms with Gasteiger partial charge >= 0.3 is 0 Å². The number of hydrogen-bond donors (Lipinski definition) is 0. The minimum Gasteiger partial charge on any atom is -0.438 e. The highest BCUT2D eigenvalue weighted by molar-refractivity contribution is 5.79. The first-order valence-electron chi connectivity index (χ1n) is 9.41. The predicted molar refractivity (Wildman–Crippen MR) is 107 cm³/mol. The molecule has 0 saturated carbocycles. The SMILES string of the molecule is O=C(Cc1ccccc1)N1CCN(c2ccc(Oc3ccccc3)nn2)CC1. The molecular formula is C22H22N4O2. The maximum atomic E-state index is 12.5. The van der Waals surface area contributed by atoms with Crippen LogP contribution in [-0.2, 0) is 11.2 Å². The number of carbonyl (C=O) groups is 1. The first-order chi connectivity index (χ1) is 13.8. The van der Waals surface area contributed by atoms with Crippen molar-refractivity contribution in [3.8, 4) is 11.6 Å². The molecule has 6 heteroatoms. The number of aromatic nitrogens is 2. The van der Waals surface area contributed by atoms with E-state index in [4.69, 9.17) is 4.74 Å². The van der Waals surface area contributed by atoms with Gasteiger partial charge in [-0.1, -0.05) is 48.5 Å². The highest BCUT2D eigenvalue weighted by atomic mass is 16.5. The Kier molecular flexibility index (Phi) is 5.47. The van der Waals surface area contributed by atoms with Crippen molar-refractivity contribution in [3.63, 3.8) is 0 Å². The second kappa shape index (κ2) is 8.52. The van der Waals surface area contributed by atoms with Crippen molar-refractivity contribution < 1.29 is 9.53 Å². The van der Waals surface area contributed by atoms with E-state index < -0.39 is 0 Å². The topological polar surface area (TPSA) is 58.6 Å². The van der Waals surface area contributed by atoms with Crippen molar-refractivity contribution in [2.45, 2.75) is 6.42 Å². The van der Waals surface area contributed by atoms with E-state index in [1.54, 1.807) is 0 Å². The summed E-state index contributed by atoms with van der Waals surface area (Å²) in [4.78, 5) is 16.6. The molecule has 0 N–H and O–H groups in total. The number of benzene rings is 2. The quantitative estimate of drug-likeness (QED) is 0.687. The first-order valence-corrected chi connectivity index (χ1v) is 9.41. The molecular weight excluding hydrogens is 352 g/mol. The van der Waals surface area contributed by atoms with Gasteiger partial charge in [0.2, 0.25) is 11.8 Å². The minimum absolute atomic E-state index is 0.170. The second-order valence-corrected chi connectivity index (χ2v) is 6.68. The Morgan fingerprint density at radius 3 is 2.14 bits per heavy atom. The molecule has 0 unspecified atom stereocenters. The van der Waals surface area contributed by atoms with Crippen molar-refractivity contribution >= 4 is 11.7 Å². The molecule has 142 valence electrons. The third-order valence-electron chi connectivity index (χ3n) is 4.75. The highest BCUT2D eigenvalue weighted by Gasteiger charge is 2.22. The largest absolute Gasteiger partial charge is 0.438 e. The zero-order valence-corrected chi connectivity index (χ0v) is 15.6. The van der Waals surface area contributed by atoms with Crippen LogP contribution in [0.1, 0.15) is 5.56 Å². The van der Waals surface area contributed by atoms with E-state index in [2.05, 4.69) is 15.1 Å². The van der Waals surface area contributed by atoms with Gasteiger partial charge in [0.1, 0.15) is 5.75 Å². The fourth-order valence-corrected chi connectivity index (χ4v) is 3.21. The summed E-state index contributed by atoms with van der Waals surface area (Å²) in [6.07, 6.45) is 0.451. The van der Waals surface area contributed by atoms with Gasteiger partial charge < -0.3 is 14.5 Å². The summed E-state index contributed by atoms with van der Waals surface area (Å²) >= 11 is 0. The van der Waals surface area contributed by atoms with Crippen LogP contribution in [0.3, 0.4) is 0 Å². The van der Waals surface area contributed by atoms with E-state index in [1.807, 2.05) is 77.7 Å². The van der Waals surface area contributed by atoms with Gasteiger partial charge in [-0.3, -0.25) is 4.79 Å². The van der Waals surface area contributed by atoms with Gasteiger partial charge in [0, 0.05) is 32.2 Å². The van der Waals surface area contributed by atoms with Crippen molar-refractivity contribution in [2.75, 3.05) is 31.1 Å². The Hall–Kier alpha value is -3.41. The molecule has 4 rings (SSSR count). The van der Waals surface area contributed by atoms with E-state index >= 15 is 0 Å². The molecule has 2 aromatic carbocycles. The van der Waals surface area contributed by atoms with E-state index in [0.717, 1.165) is 30.2 Å². The molecule has 0 bridgehead atoms. The number of para-hydroxylation sites is 1. The molecule has 28 heavy (non-hydrogen) atoms. The van der Waals surface area contributed by atoms with Crippen LogP contribution < -0.4 is 9.64 Å².